The van der Waals surface area contributed by atoms with Crippen molar-refractivity contribution in [1.82, 2.24) is 10.6 Å². The second-order valence-corrected chi connectivity index (χ2v) is 5.57. The van der Waals surface area contributed by atoms with Crippen LogP contribution in [0.4, 0.5) is 0 Å². The Morgan fingerprint density at radius 3 is 3.05 bits per heavy atom. The zero-order chi connectivity index (χ0) is 14.4. The first-order valence-electron chi connectivity index (χ1n) is 7.32. The van der Waals surface area contributed by atoms with Crippen LogP contribution in [0.25, 0.3) is 0 Å². The second-order valence-electron chi connectivity index (χ2n) is 5.57. The number of nitrogens with one attached hydrogen (secondary N) is 2. The maximum atomic E-state index is 11.8. The fraction of sp³-hybridized carbons (Fsp3) is 0.562. The summed E-state index contributed by atoms with van der Waals surface area (Å²) in [6, 6.07) is 6.02. The summed E-state index contributed by atoms with van der Waals surface area (Å²) in [5.41, 5.74) is 2.19. The highest BCUT2D eigenvalue weighted by Gasteiger charge is 2.14. The van der Waals surface area contributed by atoms with Crippen molar-refractivity contribution in [1.29, 1.82) is 0 Å². The van der Waals surface area contributed by atoms with Crippen LogP contribution in [0.5, 0.6) is 5.75 Å². The lowest BCUT2D eigenvalue weighted by atomic mass is 10.00. The van der Waals surface area contributed by atoms with Gasteiger partial charge in [-0.1, -0.05) is 12.1 Å². The summed E-state index contributed by atoms with van der Waals surface area (Å²) in [5, 5.41) is 6.30. The SMILES string of the molecule is Cc1ccc(C)c(OCC(=O)NCC2CCCNC2)c1. The third kappa shape index (κ3) is 4.53. The Morgan fingerprint density at radius 2 is 2.30 bits per heavy atom. The highest BCUT2D eigenvalue weighted by atomic mass is 16.5. The fourth-order valence-corrected chi connectivity index (χ4v) is 2.41. The van der Waals surface area contributed by atoms with Crippen LogP contribution < -0.4 is 15.4 Å². The first-order chi connectivity index (χ1) is 9.65. The van der Waals surface area contributed by atoms with E-state index >= 15 is 0 Å². The first-order valence-corrected chi connectivity index (χ1v) is 7.32. The number of aryl methyl sites for hydroxylation is 2. The summed E-state index contributed by atoms with van der Waals surface area (Å²) in [5.74, 6) is 1.30. The van der Waals surface area contributed by atoms with Gasteiger partial charge in [-0.15, -0.1) is 0 Å². The van der Waals surface area contributed by atoms with E-state index in [1.54, 1.807) is 0 Å². The van der Waals surface area contributed by atoms with Crippen molar-refractivity contribution in [2.24, 2.45) is 5.92 Å². The van der Waals surface area contributed by atoms with Crippen molar-refractivity contribution in [3.8, 4) is 5.75 Å². The molecule has 1 saturated heterocycles. The van der Waals surface area contributed by atoms with E-state index in [1.807, 2.05) is 32.0 Å². The summed E-state index contributed by atoms with van der Waals surface area (Å²) in [6.07, 6.45) is 2.38. The summed E-state index contributed by atoms with van der Waals surface area (Å²) in [4.78, 5) is 11.8. The van der Waals surface area contributed by atoms with Crippen molar-refractivity contribution < 1.29 is 9.53 Å². The van der Waals surface area contributed by atoms with E-state index in [0.717, 1.165) is 36.5 Å². The van der Waals surface area contributed by atoms with Gasteiger partial charge in [0.15, 0.2) is 6.61 Å². The van der Waals surface area contributed by atoms with Crippen molar-refractivity contribution >= 4 is 5.91 Å². The topological polar surface area (TPSA) is 50.4 Å². The lowest BCUT2D eigenvalue weighted by molar-refractivity contribution is -0.123. The number of amides is 1. The molecule has 0 bridgehead atoms. The van der Waals surface area contributed by atoms with Crippen LogP contribution in [0.15, 0.2) is 18.2 Å². The van der Waals surface area contributed by atoms with Crippen LogP contribution in [-0.2, 0) is 4.79 Å². The molecule has 110 valence electrons. The van der Waals surface area contributed by atoms with Gasteiger partial charge in [0.25, 0.3) is 5.91 Å². The number of benzene rings is 1. The van der Waals surface area contributed by atoms with Gasteiger partial charge in [0.05, 0.1) is 0 Å². The Balaban J connectivity index is 1.73. The molecule has 1 atom stereocenters. The van der Waals surface area contributed by atoms with Gasteiger partial charge in [0, 0.05) is 6.54 Å². The Labute approximate surface area is 120 Å². The lowest BCUT2D eigenvalue weighted by Gasteiger charge is -2.22. The van der Waals surface area contributed by atoms with Crippen LogP contribution in [0, 0.1) is 19.8 Å². The molecule has 4 heteroatoms. The van der Waals surface area contributed by atoms with E-state index in [1.165, 1.54) is 12.8 Å². The minimum absolute atomic E-state index is 0.0449. The molecule has 1 amide bonds. The summed E-state index contributed by atoms with van der Waals surface area (Å²) >= 11 is 0. The first kappa shape index (κ1) is 14.9. The molecule has 20 heavy (non-hydrogen) atoms. The van der Waals surface area contributed by atoms with Gasteiger partial charge in [-0.25, -0.2) is 0 Å². The molecule has 1 unspecified atom stereocenters. The minimum Gasteiger partial charge on any atom is -0.483 e. The maximum absolute atomic E-state index is 11.8. The average molecular weight is 276 g/mol. The highest BCUT2D eigenvalue weighted by molar-refractivity contribution is 5.77. The van der Waals surface area contributed by atoms with Crippen LogP contribution in [0.3, 0.4) is 0 Å². The predicted molar refractivity (Wildman–Crippen MR) is 80.0 cm³/mol. The van der Waals surface area contributed by atoms with E-state index in [-0.39, 0.29) is 12.5 Å². The molecule has 0 aliphatic carbocycles. The Bertz CT molecular complexity index is 454. The second kappa shape index (κ2) is 7.29. The van der Waals surface area contributed by atoms with Gasteiger partial charge >= 0.3 is 0 Å². The van der Waals surface area contributed by atoms with Gasteiger partial charge in [0.2, 0.25) is 0 Å². The number of ether oxygens (including phenoxy) is 1. The molecule has 2 N–H and O–H groups in total. The zero-order valence-corrected chi connectivity index (χ0v) is 12.4. The minimum atomic E-state index is -0.0449. The van der Waals surface area contributed by atoms with Crippen LogP contribution in [0.2, 0.25) is 0 Å². The number of carbonyl (C=O) groups excluding carboxylic acids is 1. The van der Waals surface area contributed by atoms with E-state index in [0.29, 0.717) is 5.92 Å². The molecule has 1 aromatic carbocycles. The van der Waals surface area contributed by atoms with Crippen LogP contribution in [-0.4, -0.2) is 32.1 Å². The molecule has 0 spiro atoms. The molecule has 4 nitrogen and oxygen atoms in total. The largest absolute Gasteiger partial charge is 0.483 e. The number of piperidine rings is 1. The quantitative estimate of drug-likeness (QED) is 0.862. The predicted octanol–water partition coefficient (Wildman–Crippen LogP) is 1.80. The van der Waals surface area contributed by atoms with Crippen LogP contribution >= 0.6 is 0 Å². The summed E-state index contributed by atoms with van der Waals surface area (Å²) in [6.45, 7) is 6.92. The number of rotatable bonds is 5. The molecule has 2 rings (SSSR count). The molecule has 1 aliphatic rings. The van der Waals surface area contributed by atoms with Gasteiger partial charge in [-0.2, -0.15) is 0 Å². The van der Waals surface area contributed by atoms with Gasteiger partial charge in [-0.3, -0.25) is 4.79 Å². The van der Waals surface area contributed by atoms with Crippen molar-refractivity contribution in [3.05, 3.63) is 29.3 Å². The third-order valence-corrected chi connectivity index (χ3v) is 3.69. The van der Waals surface area contributed by atoms with Crippen LogP contribution in [0.1, 0.15) is 24.0 Å². The molecule has 1 heterocycles. The van der Waals surface area contributed by atoms with Gasteiger partial charge in [-0.05, 0) is 62.9 Å². The maximum Gasteiger partial charge on any atom is 0.257 e. The number of hydrogen-bond donors (Lipinski definition) is 2. The summed E-state index contributed by atoms with van der Waals surface area (Å²) < 4.78 is 5.59. The smallest absolute Gasteiger partial charge is 0.257 e. The Morgan fingerprint density at radius 1 is 1.45 bits per heavy atom. The van der Waals surface area contributed by atoms with Gasteiger partial charge < -0.3 is 15.4 Å². The van der Waals surface area contributed by atoms with E-state index < -0.39 is 0 Å². The fourth-order valence-electron chi connectivity index (χ4n) is 2.41. The number of carbonyl (C=O) groups is 1. The van der Waals surface area contributed by atoms with Crippen molar-refractivity contribution in [2.45, 2.75) is 26.7 Å². The molecule has 0 saturated carbocycles. The van der Waals surface area contributed by atoms with E-state index in [4.69, 9.17) is 4.74 Å². The number of hydrogen-bond acceptors (Lipinski definition) is 3. The van der Waals surface area contributed by atoms with Crippen molar-refractivity contribution in [3.63, 3.8) is 0 Å². The highest BCUT2D eigenvalue weighted by Crippen LogP contribution is 2.18. The molecule has 1 aliphatic heterocycles. The molecule has 1 fully saturated rings. The standard InChI is InChI=1S/C16H24N2O2/c1-12-5-6-13(2)15(8-12)20-11-16(19)18-10-14-4-3-7-17-9-14/h5-6,8,14,17H,3-4,7,9-11H2,1-2H3,(H,18,19). The Hall–Kier alpha value is -1.55. The lowest BCUT2D eigenvalue weighted by Crippen LogP contribution is -2.39. The summed E-state index contributed by atoms with van der Waals surface area (Å²) in [7, 11) is 0. The Kier molecular flexibility index (Phi) is 5.41. The zero-order valence-electron chi connectivity index (χ0n) is 12.4. The van der Waals surface area contributed by atoms with Crippen molar-refractivity contribution in [2.75, 3.05) is 26.2 Å². The van der Waals surface area contributed by atoms with E-state index in [2.05, 4.69) is 10.6 Å². The van der Waals surface area contributed by atoms with E-state index in [9.17, 15) is 4.79 Å². The molecule has 0 aromatic heterocycles. The van der Waals surface area contributed by atoms with Gasteiger partial charge in [0.1, 0.15) is 5.75 Å². The third-order valence-electron chi connectivity index (χ3n) is 3.69. The molecule has 1 aromatic rings. The molecule has 0 radical (unpaired) electrons. The average Bonchev–Trinajstić information content (AvgIpc) is 2.47. The molecular formula is C16H24N2O2. The normalized spacial score (nSPS) is 18.6. The molecular weight excluding hydrogens is 252 g/mol. The monoisotopic (exact) mass is 276 g/mol.